The van der Waals surface area contributed by atoms with Gasteiger partial charge in [0.1, 0.15) is 5.00 Å². The molecule has 1 heterocycles. The van der Waals surface area contributed by atoms with Gasteiger partial charge in [-0.1, -0.05) is 20.8 Å². The van der Waals surface area contributed by atoms with E-state index in [2.05, 4.69) is 31.4 Å². The fourth-order valence-electron chi connectivity index (χ4n) is 2.36. The lowest BCUT2D eigenvalue weighted by Gasteiger charge is -2.29. The molecule has 27 heavy (non-hydrogen) atoms. The summed E-state index contributed by atoms with van der Waals surface area (Å²) in [6, 6.07) is 0.122. The van der Waals surface area contributed by atoms with Gasteiger partial charge in [0.2, 0.25) is 0 Å². The highest BCUT2D eigenvalue weighted by molar-refractivity contribution is 7.80. The van der Waals surface area contributed by atoms with Crippen LogP contribution in [0.3, 0.4) is 0 Å². The van der Waals surface area contributed by atoms with E-state index in [-0.39, 0.29) is 17.4 Å². The van der Waals surface area contributed by atoms with Gasteiger partial charge < -0.3 is 20.3 Å². The van der Waals surface area contributed by atoms with Crippen molar-refractivity contribution in [2.24, 2.45) is 5.41 Å². The Bertz CT molecular complexity index is 704. The number of hydrogen-bond acceptors (Lipinski definition) is 5. The lowest BCUT2D eigenvalue weighted by Crippen LogP contribution is -2.43. The van der Waals surface area contributed by atoms with Crippen molar-refractivity contribution in [3.63, 3.8) is 0 Å². The zero-order chi connectivity index (χ0) is 20.9. The number of esters is 1. The minimum absolute atomic E-state index is 0.0200. The summed E-state index contributed by atoms with van der Waals surface area (Å²) in [6.07, 6.45) is 0. The molecule has 0 aliphatic carbocycles. The van der Waals surface area contributed by atoms with Crippen LogP contribution < -0.4 is 10.6 Å². The number of nitrogens with zero attached hydrogens (tertiary/aromatic N) is 1. The number of methoxy groups -OCH3 is 1. The van der Waals surface area contributed by atoms with Crippen LogP contribution in [-0.4, -0.2) is 48.1 Å². The van der Waals surface area contributed by atoms with Gasteiger partial charge in [-0.2, -0.15) is 0 Å². The largest absolute Gasteiger partial charge is 0.465 e. The van der Waals surface area contributed by atoms with E-state index in [1.807, 2.05) is 20.8 Å². The Balaban J connectivity index is 3.22. The Morgan fingerprint density at radius 2 is 1.81 bits per heavy atom. The Morgan fingerprint density at radius 1 is 1.26 bits per heavy atom. The van der Waals surface area contributed by atoms with Crippen molar-refractivity contribution in [3.05, 3.63) is 16.0 Å². The number of carbonyl (C=O) groups is 2. The fraction of sp³-hybridized carbons (Fsp3) is 0.632. The average molecular weight is 414 g/mol. The first-order valence-corrected chi connectivity index (χ1v) is 10.3. The molecule has 0 spiro atoms. The monoisotopic (exact) mass is 413 g/mol. The van der Waals surface area contributed by atoms with Gasteiger partial charge in [0.05, 0.1) is 17.6 Å². The summed E-state index contributed by atoms with van der Waals surface area (Å²) in [5, 5.41) is 7.25. The maximum absolute atomic E-state index is 12.8. The third-order valence-electron chi connectivity index (χ3n) is 4.65. The lowest BCUT2D eigenvalue weighted by atomic mass is 9.88. The van der Waals surface area contributed by atoms with E-state index in [9.17, 15) is 9.59 Å². The SMILES string of the molecule is CCN(CC)C(=O)c1sc(NC(=S)NC(C)C(C)(C)C)c(C(=O)OC)c1C. The molecule has 1 amide bonds. The third-order valence-corrected chi connectivity index (χ3v) is 6.07. The molecule has 8 heteroatoms. The molecule has 1 aromatic heterocycles. The number of nitrogens with one attached hydrogen (secondary N) is 2. The van der Waals surface area contributed by atoms with Crippen LogP contribution in [0.4, 0.5) is 5.00 Å². The summed E-state index contributed by atoms with van der Waals surface area (Å²) < 4.78 is 4.92. The number of rotatable bonds is 6. The zero-order valence-corrected chi connectivity index (χ0v) is 19.1. The highest BCUT2D eigenvalue weighted by atomic mass is 32.1. The molecule has 1 unspecified atom stereocenters. The van der Waals surface area contributed by atoms with Crippen molar-refractivity contribution in [1.29, 1.82) is 0 Å². The van der Waals surface area contributed by atoms with Gasteiger partial charge in [-0.25, -0.2) is 4.79 Å². The van der Waals surface area contributed by atoms with Crippen LogP contribution in [0.25, 0.3) is 0 Å². The van der Waals surface area contributed by atoms with Crippen molar-refractivity contribution < 1.29 is 14.3 Å². The van der Waals surface area contributed by atoms with Gasteiger partial charge in [-0.3, -0.25) is 4.79 Å². The fourth-order valence-corrected chi connectivity index (χ4v) is 3.87. The Hall–Kier alpha value is -1.67. The average Bonchev–Trinajstić information content (AvgIpc) is 2.90. The predicted molar refractivity (Wildman–Crippen MR) is 116 cm³/mol. The van der Waals surface area contributed by atoms with E-state index in [4.69, 9.17) is 17.0 Å². The quantitative estimate of drug-likeness (QED) is 0.542. The van der Waals surface area contributed by atoms with Crippen molar-refractivity contribution in [2.75, 3.05) is 25.5 Å². The Labute approximate surface area is 171 Å². The van der Waals surface area contributed by atoms with Gasteiger partial charge in [-0.05, 0) is 50.9 Å². The molecule has 0 aromatic carbocycles. The van der Waals surface area contributed by atoms with Crippen LogP contribution in [0.15, 0.2) is 0 Å². The summed E-state index contributed by atoms with van der Waals surface area (Å²) in [6.45, 7) is 15.2. The first-order valence-electron chi connectivity index (χ1n) is 9.06. The van der Waals surface area contributed by atoms with E-state index in [1.165, 1.54) is 18.4 Å². The maximum Gasteiger partial charge on any atom is 0.341 e. The molecule has 0 bridgehead atoms. The Morgan fingerprint density at radius 3 is 2.26 bits per heavy atom. The van der Waals surface area contributed by atoms with Crippen LogP contribution in [0.2, 0.25) is 0 Å². The number of hydrogen-bond donors (Lipinski definition) is 2. The standard InChI is InChI=1S/C19H31N3O3S2/c1-9-22(10-2)16(23)14-11(3)13(17(24)25-8)15(27-14)21-18(26)20-12(4)19(5,6)7/h12H,9-10H2,1-8H3,(H2,20,21,26). The van der Waals surface area contributed by atoms with Gasteiger partial charge in [-0.15, -0.1) is 11.3 Å². The summed E-state index contributed by atoms with van der Waals surface area (Å²) in [7, 11) is 1.33. The highest BCUT2D eigenvalue weighted by Gasteiger charge is 2.28. The second-order valence-corrected chi connectivity index (χ2v) is 8.84. The number of thiocarbonyl (C=S) groups is 1. The molecular weight excluding hydrogens is 382 g/mol. The summed E-state index contributed by atoms with van der Waals surface area (Å²) in [5.74, 6) is -0.584. The van der Waals surface area contributed by atoms with Crippen LogP contribution in [0, 0.1) is 12.3 Å². The molecule has 152 valence electrons. The molecule has 0 aliphatic rings. The normalized spacial score (nSPS) is 12.3. The number of anilines is 1. The molecule has 2 N–H and O–H groups in total. The van der Waals surface area contributed by atoms with E-state index in [0.717, 1.165) is 0 Å². The molecule has 0 saturated heterocycles. The van der Waals surface area contributed by atoms with E-state index in [1.54, 1.807) is 11.8 Å². The van der Waals surface area contributed by atoms with Crippen molar-refractivity contribution in [2.45, 2.75) is 54.5 Å². The molecule has 0 aliphatic heterocycles. The molecule has 1 atom stereocenters. The predicted octanol–water partition coefficient (Wildman–Crippen LogP) is 4.05. The van der Waals surface area contributed by atoms with Gasteiger partial charge >= 0.3 is 5.97 Å². The molecule has 1 rings (SSSR count). The zero-order valence-electron chi connectivity index (χ0n) is 17.5. The van der Waals surface area contributed by atoms with Crippen LogP contribution in [0.5, 0.6) is 0 Å². The first kappa shape index (κ1) is 23.4. The third kappa shape index (κ3) is 5.65. The lowest BCUT2D eigenvalue weighted by molar-refractivity contribution is 0.0601. The second-order valence-electron chi connectivity index (χ2n) is 7.42. The van der Waals surface area contributed by atoms with Gasteiger partial charge in [0.25, 0.3) is 5.91 Å². The highest BCUT2D eigenvalue weighted by Crippen LogP contribution is 2.34. The summed E-state index contributed by atoms with van der Waals surface area (Å²) >= 11 is 6.65. The molecule has 0 saturated carbocycles. The molecule has 0 radical (unpaired) electrons. The van der Waals surface area contributed by atoms with Crippen molar-refractivity contribution in [3.8, 4) is 0 Å². The Kier molecular flexibility index (Phi) is 8.23. The van der Waals surface area contributed by atoms with E-state index >= 15 is 0 Å². The molecule has 1 aromatic rings. The van der Waals surface area contributed by atoms with Crippen molar-refractivity contribution in [1.82, 2.24) is 10.2 Å². The van der Waals surface area contributed by atoms with Crippen LogP contribution in [0.1, 0.15) is 67.1 Å². The molecular formula is C19H31N3O3S2. The second kappa shape index (κ2) is 9.50. The van der Waals surface area contributed by atoms with Crippen LogP contribution in [-0.2, 0) is 4.74 Å². The molecule has 0 fully saturated rings. The number of thiophene rings is 1. The first-order chi connectivity index (χ1) is 12.5. The number of ether oxygens (including phenoxy) is 1. The van der Waals surface area contributed by atoms with Crippen LogP contribution >= 0.6 is 23.6 Å². The minimum Gasteiger partial charge on any atom is -0.465 e. The smallest absolute Gasteiger partial charge is 0.341 e. The van der Waals surface area contributed by atoms with E-state index < -0.39 is 5.97 Å². The minimum atomic E-state index is -0.489. The topological polar surface area (TPSA) is 70.7 Å². The van der Waals surface area contributed by atoms with Crippen molar-refractivity contribution >= 4 is 45.5 Å². The maximum atomic E-state index is 12.8. The molecule has 6 nitrogen and oxygen atoms in total. The number of carbonyl (C=O) groups excluding carboxylic acids is 2. The summed E-state index contributed by atoms with van der Waals surface area (Å²) in [5.41, 5.74) is 0.982. The van der Waals surface area contributed by atoms with Gasteiger partial charge in [0.15, 0.2) is 5.11 Å². The van der Waals surface area contributed by atoms with E-state index in [0.29, 0.717) is 39.2 Å². The number of amides is 1. The summed E-state index contributed by atoms with van der Waals surface area (Å²) in [4.78, 5) is 27.4. The van der Waals surface area contributed by atoms with Gasteiger partial charge in [0, 0.05) is 19.1 Å².